The molecule has 5 rings (SSSR count). The average Bonchev–Trinajstić information content (AvgIpc) is 3.27. The summed E-state index contributed by atoms with van der Waals surface area (Å²) >= 11 is 7.97. The molecule has 1 aliphatic rings. The Morgan fingerprint density at radius 1 is 1.08 bits per heavy atom. The lowest BCUT2D eigenvalue weighted by atomic mass is 9.88. The second kappa shape index (κ2) is 9.72. The predicted molar refractivity (Wildman–Crippen MR) is 145 cm³/mol. The van der Waals surface area contributed by atoms with Gasteiger partial charge in [-0.15, -0.1) is 11.8 Å². The molecule has 1 aromatic heterocycles. The minimum Gasteiger partial charge on any atom is -0.399 e. The maximum atomic E-state index is 12.9. The van der Waals surface area contributed by atoms with Crippen molar-refractivity contribution >= 4 is 46.6 Å². The molecular weight excluding hydrogens is 494 g/mol. The maximum absolute atomic E-state index is 12.9. The molecule has 0 spiro atoms. The lowest BCUT2D eigenvalue weighted by Gasteiger charge is -2.20. The van der Waals surface area contributed by atoms with Crippen molar-refractivity contribution in [2.75, 3.05) is 16.8 Å². The fraction of sp³-hybridized carbons (Fsp3) is 0.148. The van der Waals surface area contributed by atoms with Gasteiger partial charge in [-0.2, -0.15) is 5.10 Å². The molecule has 36 heavy (non-hydrogen) atoms. The third kappa shape index (κ3) is 4.45. The molecule has 0 saturated heterocycles. The van der Waals surface area contributed by atoms with Crippen LogP contribution >= 0.6 is 23.4 Å². The SMILES string of the molecule is CCSc1ccc(-n2nc(C(N)=O)c3c2-c2cc(NC(=O)c4cc(N)ccc4Cl)ccc2CC3)cc1. The number of halogens is 1. The summed E-state index contributed by atoms with van der Waals surface area (Å²) in [7, 11) is 0. The Morgan fingerprint density at radius 3 is 2.58 bits per heavy atom. The number of hydrogen-bond acceptors (Lipinski definition) is 5. The summed E-state index contributed by atoms with van der Waals surface area (Å²) in [6, 6.07) is 18.6. The lowest BCUT2D eigenvalue weighted by Crippen LogP contribution is -2.16. The monoisotopic (exact) mass is 517 g/mol. The van der Waals surface area contributed by atoms with E-state index in [1.165, 1.54) is 0 Å². The number of nitrogens with two attached hydrogens (primary N) is 2. The van der Waals surface area contributed by atoms with E-state index in [2.05, 4.69) is 17.3 Å². The summed E-state index contributed by atoms with van der Waals surface area (Å²) in [6.07, 6.45) is 1.38. The lowest BCUT2D eigenvalue weighted by molar-refractivity contribution is 0.0992. The van der Waals surface area contributed by atoms with Crippen molar-refractivity contribution in [3.63, 3.8) is 0 Å². The third-order valence-electron chi connectivity index (χ3n) is 6.11. The molecule has 7 nitrogen and oxygen atoms in total. The number of thioether (sulfide) groups is 1. The zero-order valence-corrected chi connectivity index (χ0v) is 21.1. The van der Waals surface area contributed by atoms with Gasteiger partial charge < -0.3 is 16.8 Å². The molecule has 1 heterocycles. The molecule has 3 aromatic carbocycles. The van der Waals surface area contributed by atoms with Gasteiger partial charge in [-0.05, 0) is 78.8 Å². The number of anilines is 2. The first-order valence-corrected chi connectivity index (χ1v) is 12.9. The molecule has 182 valence electrons. The molecule has 5 N–H and O–H groups in total. The molecule has 2 amide bonds. The molecule has 0 radical (unpaired) electrons. The molecular formula is C27H24ClN5O2S. The summed E-state index contributed by atoms with van der Waals surface area (Å²) in [5.74, 6) is 0.0522. The first-order valence-electron chi connectivity index (χ1n) is 11.5. The molecule has 4 aromatic rings. The number of carbonyl (C=O) groups is 2. The van der Waals surface area contributed by atoms with Gasteiger partial charge in [0.2, 0.25) is 0 Å². The van der Waals surface area contributed by atoms with Crippen LogP contribution in [0.1, 0.15) is 38.9 Å². The van der Waals surface area contributed by atoms with E-state index in [4.69, 9.17) is 23.1 Å². The summed E-state index contributed by atoms with van der Waals surface area (Å²) in [4.78, 5) is 26.4. The molecule has 0 atom stereocenters. The van der Waals surface area contributed by atoms with Crippen LogP contribution in [-0.4, -0.2) is 27.3 Å². The van der Waals surface area contributed by atoms with Crippen LogP contribution in [0.2, 0.25) is 5.02 Å². The van der Waals surface area contributed by atoms with Gasteiger partial charge in [0.25, 0.3) is 11.8 Å². The van der Waals surface area contributed by atoms with Crippen LogP contribution in [0.5, 0.6) is 0 Å². The normalized spacial score (nSPS) is 12.1. The Hall–Kier alpha value is -3.75. The number of hydrogen-bond donors (Lipinski definition) is 3. The van der Waals surface area contributed by atoms with E-state index in [-0.39, 0.29) is 11.6 Å². The van der Waals surface area contributed by atoms with Crippen molar-refractivity contribution in [3.8, 4) is 16.9 Å². The third-order valence-corrected chi connectivity index (χ3v) is 7.34. The van der Waals surface area contributed by atoms with Gasteiger partial charge in [0.15, 0.2) is 5.69 Å². The molecule has 0 fully saturated rings. The molecule has 0 bridgehead atoms. The number of benzene rings is 3. The van der Waals surface area contributed by atoms with E-state index in [0.29, 0.717) is 28.4 Å². The summed E-state index contributed by atoms with van der Waals surface area (Å²) < 4.78 is 1.77. The first-order chi connectivity index (χ1) is 17.4. The van der Waals surface area contributed by atoms with Crippen molar-refractivity contribution in [2.24, 2.45) is 5.73 Å². The van der Waals surface area contributed by atoms with Gasteiger partial charge in [-0.25, -0.2) is 4.68 Å². The Labute approximate surface area is 217 Å². The van der Waals surface area contributed by atoms with E-state index >= 15 is 0 Å². The fourth-order valence-electron chi connectivity index (χ4n) is 4.47. The zero-order valence-electron chi connectivity index (χ0n) is 19.5. The number of nitrogens with zero attached hydrogens (tertiary/aromatic N) is 2. The smallest absolute Gasteiger partial charge is 0.269 e. The van der Waals surface area contributed by atoms with Gasteiger partial charge in [0.05, 0.1) is 22.0 Å². The highest BCUT2D eigenvalue weighted by Gasteiger charge is 2.28. The van der Waals surface area contributed by atoms with Crippen molar-refractivity contribution in [3.05, 3.63) is 88.1 Å². The van der Waals surface area contributed by atoms with Crippen molar-refractivity contribution in [2.45, 2.75) is 24.7 Å². The summed E-state index contributed by atoms with van der Waals surface area (Å²) in [5.41, 5.74) is 17.6. The average molecular weight is 518 g/mol. The number of aromatic nitrogens is 2. The highest BCUT2D eigenvalue weighted by molar-refractivity contribution is 7.99. The van der Waals surface area contributed by atoms with Crippen molar-refractivity contribution < 1.29 is 9.59 Å². The summed E-state index contributed by atoms with van der Waals surface area (Å²) in [6.45, 7) is 2.11. The van der Waals surface area contributed by atoms with E-state index in [1.807, 2.05) is 42.5 Å². The van der Waals surface area contributed by atoms with Crippen LogP contribution in [0.3, 0.4) is 0 Å². The van der Waals surface area contributed by atoms with Gasteiger partial charge >= 0.3 is 0 Å². The van der Waals surface area contributed by atoms with Gasteiger partial charge in [0.1, 0.15) is 0 Å². The number of rotatable bonds is 6. The van der Waals surface area contributed by atoms with Crippen molar-refractivity contribution in [1.82, 2.24) is 9.78 Å². The highest BCUT2D eigenvalue weighted by atomic mass is 35.5. The van der Waals surface area contributed by atoms with Crippen LogP contribution in [0.25, 0.3) is 16.9 Å². The van der Waals surface area contributed by atoms with Gasteiger partial charge in [-0.3, -0.25) is 9.59 Å². The van der Waals surface area contributed by atoms with Gasteiger partial charge in [0, 0.05) is 27.4 Å². The summed E-state index contributed by atoms with van der Waals surface area (Å²) in [5, 5.41) is 7.84. The van der Waals surface area contributed by atoms with E-state index in [0.717, 1.165) is 45.1 Å². The number of primary amides is 1. The molecule has 0 aliphatic heterocycles. The number of fused-ring (bicyclic) bond motifs is 3. The quantitative estimate of drug-likeness (QED) is 0.236. The first kappa shape index (κ1) is 24.0. The minimum absolute atomic E-state index is 0.267. The molecule has 0 unspecified atom stereocenters. The highest BCUT2D eigenvalue weighted by Crippen LogP contribution is 2.38. The van der Waals surface area contributed by atoms with Crippen LogP contribution in [0.15, 0.2) is 65.6 Å². The number of carbonyl (C=O) groups excluding carboxylic acids is 2. The maximum Gasteiger partial charge on any atom is 0.269 e. The minimum atomic E-state index is -0.563. The van der Waals surface area contributed by atoms with Crippen LogP contribution in [-0.2, 0) is 12.8 Å². The number of aryl methyl sites for hydroxylation is 1. The standard InChI is InChI=1S/C27H24ClN5O2S/c1-2-36-19-9-7-18(8-10-19)33-25-20(24(32-33)26(30)34)11-4-15-3-6-17(14-21(15)25)31-27(35)22-13-16(29)5-12-23(22)28/h3,5-10,12-14H,2,4,11,29H2,1H3,(H2,30,34)(H,31,35). The second-order valence-corrected chi connectivity index (χ2v) is 10.2. The van der Waals surface area contributed by atoms with E-state index in [9.17, 15) is 9.59 Å². The molecule has 1 aliphatic carbocycles. The number of nitrogens with one attached hydrogen (secondary N) is 1. The Kier molecular flexibility index (Phi) is 6.47. The van der Waals surface area contributed by atoms with Crippen LogP contribution in [0.4, 0.5) is 11.4 Å². The zero-order chi connectivity index (χ0) is 25.4. The van der Waals surface area contributed by atoms with Crippen LogP contribution in [0, 0.1) is 0 Å². The van der Waals surface area contributed by atoms with Crippen LogP contribution < -0.4 is 16.8 Å². The Morgan fingerprint density at radius 2 is 1.86 bits per heavy atom. The number of nitrogen functional groups attached to an aromatic ring is 1. The van der Waals surface area contributed by atoms with E-state index in [1.54, 1.807) is 34.6 Å². The Bertz CT molecular complexity index is 1500. The largest absolute Gasteiger partial charge is 0.399 e. The van der Waals surface area contributed by atoms with Gasteiger partial charge in [-0.1, -0.05) is 24.6 Å². The fourth-order valence-corrected chi connectivity index (χ4v) is 5.33. The topological polar surface area (TPSA) is 116 Å². The molecule has 9 heteroatoms. The second-order valence-electron chi connectivity index (χ2n) is 8.44. The number of amides is 2. The van der Waals surface area contributed by atoms with Crippen molar-refractivity contribution in [1.29, 1.82) is 0 Å². The molecule has 0 saturated carbocycles. The predicted octanol–water partition coefficient (Wildman–Crippen LogP) is 5.34. The Balaban J connectivity index is 1.58. The van der Waals surface area contributed by atoms with E-state index < -0.39 is 5.91 Å².